The van der Waals surface area contributed by atoms with Crippen molar-refractivity contribution in [3.05, 3.63) is 95.6 Å². The number of carbonyl (C=O) groups excluding carboxylic acids is 2. The van der Waals surface area contributed by atoms with Gasteiger partial charge in [0.15, 0.2) is 6.10 Å². The molecule has 2 atom stereocenters. The van der Waals surface area contributed by atoms with E-state index in [1.165, 1.54) is 0 Å². The van der Waals surface area contributed by atoms with E-state index in [9.17, 15) is 9.59 Å². The van der Waals surface area contributed by atoms with Crippen molar-refractivity contribution in [2.24, 2.45) is 0 Å². The van der Waals surface area contributed by atoms with Crippen molar-refractivity contribution < 1.29 is 19.1 Å². The Bertz CT molecular complexity index is 1080. The molecular formula is C28H32N2O4. The predicted octanol–water partition coefficient (Wildman–Crippen LogP) is 5.40. The van der Waals surface area contributed by atoms with Gasteiger partial charge in [0.2, 0.25) is 0 Å². The molecule has 0 fully saturated rings. The topological polar surface area (TPSA) is 76.7 Å². The van der Waals surface area contributed by atoms with Gasteiger partial charge in [0.25, 0.3) is 11.8 Å². The Morgan fingerprint density at radius 2 is 1.44 bits per heavy atom. The lowest BCUT2D eigenvalue weighted by atomic mass is 9.98. The number of nitrogens with one attached hydrogen (secondary N) is 2. The molecule has 2 amide bonds. The van der Waals surface area contributed by atoms with E-state index >= 15 is 0 Å². The molecule has 0 aliphatic heterocycles. The van der Waals surface area contributed by atoms with Gasteiger partial charge in [-0.3, -0.25) is 20.4 Å². The highest BCUT2D eigenvalue weighted by molar-refractivity contribution is 5.98. The molecule has 6 nitrogen and oxygen atoms in total. The van der Waals surface area contributed by atoms with Gasteiger partial charge in [-0.05, 0) is 48.1 Å². The predicted molar refractivity (Wildman–Crippen MR) is 133 cm³/mol. The van der Waals surface area contributed by atoms with Crippen molar-refractivity contribution in [3.8, 4) is 11.5 Å². The van der Waals surface area contributed by atoms with Gasteiger partial charge in [-0.2, -0.15) is 0 Å². The number of hydrogen-bond donors (Lipinski definition) is 2. The summed E-state index contributed by atoms with van der Waals surface area (Å²) in [4.78, 5) is 25.6. The maximum Gasteiger partial charge on any atom is 0.279 e. The lowest BCUT2D eigenvalue weighted by Crippen LogP contribution is -2.48. The largest absolute Gasteiger partial charge is 0.488 e. The Labute approximate surface area is 201 Å². The molecule has 0 heterocycles. The Kier molecular flexibility index (Phi) is 9.09. The molecule has 34 heavy (non-hydrogen) atoms. The summed E-state index contributed by atoms with van der Waals surface area (Å²) < 4.78 is 11.9. The van der Waals surface area contributed by atoms with Gasteiger partial charge in [0, 0.05) is 0 Å². The molecule has 0 saturated heterocycles. The number of carbonyl (C=O) groups is 2. The van der Waals surface area contributed by atoms with E-state index in [4.69, 9.17) is 9.47 Å². The molecule has 0 saturated carbocycles. The third-order valence-electron chi connectivity index (χ3n) is 5.66. The third kappa shape index (κ3) is 6.61. The second-order valence-corrected chi connectivity index (χ2v) is 8.08. The molecule has 178 valence electrons. The molecule has 3 rings (SSSR count). The maximum absolute atomic E-state index is 12.8. The van der Waals surface area contributed by atoms with Crippen molar-refractivity contribution in [2.75, 3.05) is 0 Å². The molecule has 0 bridgehead atoms. The maximum atomic E-state index is 12.8. The van der Waals surface area contributed by atoms with Crippen LogP contribution in [0.25, 0.3) is 0 Å². The Hall–Kier alpha value is -3.80. The Morgan fingerprint density at radius 3 is 2.15 bits per heavy atom. The van der Waals surface area contributed by atoms with E-state index in [0.29, 0.717) is 36.0 Å². The molecule has 3 aromatic carbocycles. The molecule has 2 N–H and O–H groups in total. The minimum atomic E-state index is -0.741. The van der Waals surface area contributed by atoms with Crippen LogP contribution >= 0.6 is 0 Å². The van der Waals surface area contributed by atoms with Crippen LogP contribution in [-0.4, -0.2) is 17.9 Å². The molecule has 0 aliphatic rings. The quantitative estimate of drug-likeness (QED) is 0.397. The molecule has 0 radical (unpaired) electrons. The van der Waals surface area contributed by atoms with Crippen LogP contribution in [-0.2, 0) is 11.4 Å². The van der Waals surface area contributed by atoms with Crippen molar-refractivity contribution in [1.29, 1.82) is 0 Å². The van der Waals surface area contributed by atoms with E-state index in [1.54, 1.807) is 24.3 Å². The second kappa shape index (κ2) is 12.4. The number of ether oxygens (including phenoxy) is 2. The number of rotatable bonds is 10. The molecule has 3 aromatic rings. The van der Waals surface area contributed by atoms with Gasteiger partial charge in [-0.25, -0.2) is 0 Å². The zero-order chi connectivity index (χ0) is 24.3. The average molecular weight is 461 g/mol. The zero-order valence-corrected chi connectivity index (χ0v) is 19.9. The molecule has 0 spiro atoms. The first-order valence-electron chi connectivity index (χ1n) is 11.6. The van der Waals surface area contributed by atoms with Crippen molar-refractivity contribution in [1.82, 2.24) is 10.9 Å². The van der Waals surface area contributed by atoms with Crippen molar-refractivity contribution >= 4 is 11.8 Å². The fraction of sp³-hybridized carbons (Fsp3) is 0.286. The van der Waals surface area contributed by atoms with Gasteiger partial charge >= 0.3 is 0 Å². The van der Waals surface area contributed by atoms with E-state index in [0.717, 1.165) is 17.5 Å². The number of para-hydroxylation sites is 2. The summed E-state index contributed by atoms with van der Waals surface area (Å²) in [6, 6.07) is 24.4. The third-order valence-corrected chi connectivity index (χ3v) is 5.66. The smallest absolute Gasteiger partial charge is 0.279 e. The number of amides is 2. The number of benzene rings is 3. The normalized spacial score (nSPS) is 12.3. The highest BCUT2D eigenvalue weighted by atomic mass is 16.5. The summed E-state index contributed by atoms with van der Waals surface area (Å²) in [7, 11) is 0. The first-order valence-corrected chi connectivity index (χ1v) is 11.6. The minimum Gasteiger partial charge on any atom is -0.488 e. The van der Waals surface area contributed by atoms with Crippen molar-refractivity contribution in [2.45, 2.75) is 52.2 Å². The van der Waals surface area contributed by atoms with Crippen LogP contribution in [0.3, 0.4) is 0 Å². The first-order chi connectivity index (χ1) is 16.5. The zero-order valence-electron chi connectivity index (χ0n) is 19.9. The Morgan fingerprint density at radius 1 is 0.794 bits per heavy atom. The monoisotopic (exact) mass is 460 g/mol. The highest BCUT2D eigenvalue weighted by Gasteiger charge is 2.22. The van der Waals surface area contributed by atoms with E-state index in [2.05, 4.69) is 24.7 Å². The number of hydrogen-bond acceptors (Lipinski definition) is 4. The van der Waals surface area contributed by atoms with E-state index < -0.39 is 17.9 Å². The standard InChI is InChI=1S/C28H32N2O4/c1-4-20(3)22-15-9-12-18-26(22)34-24(5-2)28(32)30-29-27(31)23-16-10-11-17-25(23)33-19-21-13-7-6-8-14-21/h6-18,20,24H,4-5,19H2,1-3H3,(H,29,31)(H,30,32). The van der Waals surface area contributed by atoms with Gasteiger partial charge in [0.1, 0.15) is 18.1 Å². The summed E-state index contributed by atoms with van der Waals surface area (Å²) in [5, 5.41) is 0. The first kappa shape index (κ1) is 24.8. The lowest BCUT2D eigenvalue weighted by Gasteiger charge is -2.21. The summed E-state index contributed by atoms with van der Waals surface area (Å²) in [6.45, 7) is 6.44. The van der Waals surface area contributed by atoms with Gasteiger partial charge in [0.05, 0.1) is 5.56 Å². The fourth-order valence-corrected chi connectivity index (χ4v) is 3.47. The summed E-state index contributed by atoms with van der Waals surface area (Å²) in [6.07, 6.45) is 0.675. The minimum absolute atomic E-state index is 0.309. The lowest BCUT2D eigenvalue weighted by molar-refractivity contribution is -0.128. The van der Waals surface area contributed by atoms with Crippen LogP contribution in [0.4, 0.5) is 0 Å². The second-order valence-electron chi connectivity index (χ2n) is 8.08. The SMILES string of the molecule is CCC(Oc1ccccc1C(C)CC)C(=O)NNC(=O)c1ccccc1OCc1ccccc1. The fourth-order valence-electron chi connectivity index (χ4n) is 3.47. The van der Waals surface area contributed by atoms with Gasteiger partial charge in [-0.15, -0.1) is 0 Å². The number of hydrazine groups is 1. The molecule has 2 unspecified atom stereocenters. The van der Waals surface area contributed by atoms with Crippen LogP contribution in [0.1, 0.15) is 61.0 Å². The summed E-state index contributed by atoms with van der Waals surface area (Å²) in [5.41, 5.74) is 7.37. The van der Waals surface area contributed by atoms with Crippen LogP contribution in [0.5, 0.6) is 11.5 Å². The molecule has 0 aromatic heterocycles. The van der Waals surface area contributed by atoms with E-state index in [-0.39, 0.29) is 0 Å². The van der Waals surface area contributed by atoms with Crippen LogP contribution in [0, 0.1) is 0 Å². The molecular weight excluding hydrogens is 428 g/mol. The van der Waals surface area contributed by atoms with Gasteiger partial charge < -0.3 is 9.47 Å². The van der Waals surface area contributed by atoms with Crippen molar-refractivity contribution in [3.63, 3.8) is 0 Å². The average Bonchev–Trinajstić information content (AvgIpc) is 2.89. The van der Waals surface area contributed by atoms with Gasteiger partial charge in [-0.1, -0.05) is 81.4 Å². The Balaban J connectivity index is 1.62. The molecule has 6 heteroatoms. The van der Waals surface area contributed by atoms with Crippen LogP contribution < -0.4 is 20.3 Å². The van der Waals surface area contributed by atoms with E-state index in [1.807, 2.05) is 61.5 Å². The molecule has 0 aliphatic carbocycles. The van der Waals surface area contributed by atoms with Crippen LogP contribution in [0.2, 0.25) is 0 Å². The summed E-state index contributed by atoms with van der Waals surface area (Å²) in [5.74, 6) is 0.543. The highest BCUT2D eigenvalue weighted by Crippen LogP contribution is 2.29. The summed E-state index contributed by atoms with van der Waals surface area (Å²) >= 11 is 0. The van der Waals surface area contributed by atoms with Crippen LogP contribution in [0.15, 0.2) is 78.9 Å².